The molecule has 0 fully saturated rings. The van der Waals surface area contributed by atoms with Crippen LogP contribution in [0.5, 0.6) is 5.75 Å². The van der Waals surface area contributed by atoms with Gasteiger partial charge in [0.05, 0.1) is 26.0 Å². The van der Waals surface area contributed by atoms with Crippen molar-refractivity contribution in [1.82, 2.24) is 0 Å². The Labute approximate surface area is 231 Å². The van der Waals surface area contributed by atoms with Gasteiger partial charge in [-0.1, -0.05) is 23.7 Å². The molecule has 202 valence electrons. The summed E-state index contributed by atoms with van der Waals surface area (Å²) in [4.78, 5) is 46.5. The summed E-state index contributed by atoms with van der Waals surface area (Å²) in [5.41, 5.74) is -1.26. The monoisotopic (exact) mass is 581 g/mol. The van der Waals surface area contributed by atoms with Crippen LogP contribution in [0.3, 0.4) is 0 Å². The first-order chi connectivity index (χ1) is 19.0. The standard InChI is InChI=1S/C26H16ClN3O9S/c27-19-7-13-24(14-8-19)40(37,38)28(25(31)17-3-1-5-21(15-17)29(33)34)20-9-11-23(12-10-20)39-26(32)18-4-2-6-22(16-18)30(35)36/h1-16H. The van der Waals surface area contributed by atoms with Gasteiger partial charge in [-0.3, -0.25) is 25.0 Å². The number of nitro benzene ring substituents is 2. The maximum Gasteiger partial charge on any atom is 0.343 e. The predicted octanol–water partition coefficient (Wildman–Crippen LogP) is 5.41. The van der Waals surface area contributed by atoms with Crippen molar-refractivity contribution < 1.29 is 32.6 Å². The van der Waals surface area contributed by atoms with Crippen molar-refractivity contribution in [2.75, 3.05) is 4.31 Å². The van der Waals surface area contributed by atoms with E-state index in [0.29, 0.717) is 4.31 Å². The molecule has 14 heteroatoms. The smallest absolute Gasteiger partial charge is 0.343 e. The summed E-state index contributed by atoms with van der Waals surface area (Å²) in [6.07, 6.45) is 0. The summed E-state index contributed by atoms with van der Waals surface area (Å²) in [6.45, 7) is 0. The average molecular weight is 582 g/mol. The van der Waals surface area contributed by atoms with Crippen LogP contribution >= 0.6 is 11.6 Å². The molecule has 0 saturated carbocycles. The van der Waals surface area contributed by atoms with E-state index in [2.05, 4.69) is 0 Å². The van der Waals surface area contributed by atoms with Crippen LogP contribution < -0.4 is 9.04 Å². The molecule has 0 aromatic heterocycles. The number of carbonyl (C=O) groups excluding carboxylic acids is 2. The van der Waals surface area contributed by atoms with Gasteiger partial charge in [0.25, 0.3) is 27.3 Å². The van der Waals surface area contributed by atoms with Crippen molar-refractivity contribution in [2.24, 2.45) is 0 Å². The second-order valence-electron chi connectivity index (χ2n) is 8.03. The Morgan fingerprint density at radius 2 is 1.27 bits per heavy atom. The minimum atomic E-state index is -4.56. The largest absolute Gasteiger partial charge is 0.423 e. The van der Waals surface area contributed by atoms with Crippen molar-refractivity contribution in [3.05, 3.63) is 133 Å². The van der Waals surface area contributed by atoms with E-state index in [1.165, 1.54) is 78.9 Å². The summed E-state index contributed by atoms with van der Waals surface area (Å²) in [6, 6.07) is 19.3. The average Bonchev–Trinajstić information content (AvgIpc) is 2.94. The van der Waals surface area contributed by atoms with Crippen LogP contribution in [-0.4, -0.2) is 30.1 Å². The summed E-state index contributed by atoms with van der Waals surface area (Å²) in [5.74, 6) is -2.04. The summed E-state index contributed by atoms with van der Waals surface area (Å²) >= 11 is 5.88. The van der Waals surface area contributed by atoms with Gasteiger partial charge in [-0.25, -0.2) is 13.2 Å². The van der Waals surface area contributed by atoms with Crippen LogP contribution in [0.2, 0.25) is 5.02 Å². The number of anilines is 1. The van der Waals surface area contributed by atoms with E-state index in [4.69, 9.17) is 16.3 Å². The van der Waals surface area contributed by atoms with Gasteiger partial charge in [-0.2, -0.15) is 4.31 Å². The number of rotatable bonds is 8. The molecule has 12 nitrogen and oxygen atoms in total. The number of sulfonamides is 1. The fourth-order valence-corrected chi connectivity index (χ4v) is 5.05. The molecular weight excluding hydrogens is 566 g/mol. The van der Waals surface area contributed by atoms with Crippen molar-refractivity contribution in [3.63, 3.8) is 0 Å². The predicted molar refractivity (Wildman–Crippen MR) is 143 cm³/mol. The maximum atomic E-state index is 13.6. The maximum absolute atomic E-state index is 13.6. The first kappa shape index (κ1) is 27.9. The molecule has 0 heterocycles. The van der Waals surface area contributed by atoms with E-state index >= 15 is 0 Å². The van der Waals surface area contributed by atoms with E-state index in [1.807, 2.05) is 0 Å². The molecular formula is C26H16ClN3O9S. The molecule has 0 aliphatic rings. The molecule has 4 aromatic rings. The molecule has 4 rings (SSSR count). The zero-order valence-corrected chi connectivity index (χ0v) is 21.6. The molecule has 0 aliphatic heterocycles. The highest BCUT2D eigenvalue weighted by atomic mass is 35.5. The second kappa shape index (κ2) is 11.3. The Morgan fingerprint density at radius 1 is 0.750 bits per heavy atom. The van der Waals surface area contributed by atoms with Gasteiger partial charge in [0.1, 0.15) is 5.75 Å². The summed E-state index contributed by atoms with van der Waals surface area (Å²) < 4.78 is 32.9. The molecule has 1 amide bonds. The number of benzene rings is 4. The third kappa shape index (κ3) is 5.95. The number of hydrogen-bond acceptors (Lipinski definition) is 9. The molecule has 0 unspecified atom stereocenters. The van der Waals surface area contributed by atoms with Crippen molar-refractivity contribution >= 4 is 50.6 Å². The Balaban J connectivity index is 1.71. The topological polar surface area (TPSA) is 167 Å². The zero-order valence-electron chi connectivity index (χ0n) is 20.0. The van der Waals surface area contributed by atoms with Crippen LogP contribution in [0.25, 0.3) is 0 Å². The Morgan fingerprint density at radius 3 is 1.82 bits per heavy atom. The number of esters is 1. The van der Waals surface area contributed by atoms with E-state index < -0.39 is 37.4 Å². The molecule has 0 radical (unpaired) electrons. The molecule has 4 aromatic carbocycles. The lowest BCUT2D eigenvalue weighted by Gasteiger charge is -2.23. The molecule has 0 bridgehead atoms. The molecule has 0 N–H and O–H groups in total. The SMILES string of the molecule is O=C(Oc1ccc(N(C(=O)c2cccc([N+](=O)[O-])c2)S(=O)(=O)c2ccc(Cl)cc2)cc1)c1cccc([N+](=O)[O-])c1. The molecule has 0 saturated heterocycles. The van der Waals surface area contributed by atoms with Crippen molar-refractivity contribution in [2.45, 2.75) is 4.90 Å². The number of amides is 1. The summed E-state index contributed by atoms with van der Waals surface area (Å²) in [7, 11) is -4.56. The van der Waals surface area contributed by atoms with Gasteiger partial charge in [0.15, 0.2) is 0 Å². The van der Waals surface area contributed by atoms with Crippen LogP contribution in [0, 0.1) is 20.2 Å². The molecule has 40 heavy (non-hydrogen) atoms. The van der Waals surface area contributed by atoms with Gasteiger partial charge in [0.2, 0.25) is 0 Å². The minimum Gasteiger partial charge on any atom is -0.423 e. The zero-order chi connectivity index (χ0) is 29.0. The fraction of sp³-hybridized carbons (Fsp3) is 0. The number of hydrogen-bond donors (Lipinski definition) is 0. The lowest BCUT2D eigenvalue weighted by atomic mass is 10.2. The van der Waals surface area contributed by atoms with Gasteiger partial charge in [-0.05, 0) is 60.7 Å². The Hall–Kier alpha value is -5.14. The third-order valence-corrected chi connectivity index (χ3v) is 7.39. The molecule has 0 spiro atoms. The van der Waals surface area contributed by atoms with Crippen LogP contribution in [-0.2, 0) is 10.0 Å². The number of non-ortho nitro benzene ring substituents is 2. The summed E-state index contributed by atoms with van der Waals surface area (Å²) in [5, 5.41) is 22.5. The number of carbonyl (C=O) groups is 2. The number of halogens is 1. The Kier molecular flexibility index (Phi) is 7.88. The lowest BCUT2D eigenvalue weighted by molar-refractivity contribution is -0.385. The van der Waals surface area contributed by atoms with Crippen LogP contribution in [0.1, 0.15) is 20.7 Å². The van der Waals surface area contributed by atoms with Crippen molar-refractivity contribution in [1.29, 1.82) is 0 Å². The fourth-order valence-electron chi connectivity index (χ4n) is 3.51. The van der Waals surface area contributed by atoms with E-state index in [9.17, 15) is 38.2 Å². The number of ether oxygens (including phenoxy) is 1. The van der Waals surface area contributed by atoms with Crippen LogP contribution in [0.15, 0.2) is 102 Å². The Bertz CT molecular complexity index is 1740. The second-order valence-corrected chi connectivity index (χ2v) is 10.2. The van der Waals surface area contributed by atoms with Crippen molar-refractivity contribution in [3.8, 4) is 5.75 Å². The number of nitrogens with zero attached hydrogens (tertiary/aromatic N) is 3. The van der Waals surface area contributed by atoms with Crippen LogP contribution in [0.4, 0.5) is 17.1 Å². The van der Waals surface area contributed by atoms with Gasteiger partial charge < -0.3 is 4.74 Å². The minimum absolute atomic E-state index is 0.0492. The van der Waals surface area contributed by atoms with E-state index in [1.54, 1.807) is 0 Å². The van der Waals surface area contributed by atoms with E-state index in [0.717, 1.165) is 18.2 Å². The van der Waals surface area contributed by atoms with Gasteiger partial charge in [0, 0.05) is 34.9 Å². The first-order valence-electron chi connectivity index (χ1n) is 11.1. The highest BCUT2D eigenvalue weighted by Gasteiger charge is 2.32. The third-order valence-electron chi connectivity index (χ3n) is 5.41. The first-order valence-corrected chi connectivity index (χ1v) is 13.0. The lowest BCUT2D eigenvalue weighted by Crippen LogP contribution is -2.37. The highest BCUT2D eigenvalue weighted by Crippen LogP contribution is 2.29. The quantitative estimate of drug-likeness (QED) is 0.114. The normalized spacial score (nSPS) is 10.9. The number of nitro groups is 2. The van der Waals surface area contributed by atoms with Gasteiger partial charge in [-0.15, -0.1) is 0 Å². The molecule has 0 aliphatic carbocycles. The van der Waals surface area contributed by atoms with Gasteiger partial charge >= 0.3 is 5.97 Å². The highest BCUT2D eigenvalue weighted by molar-refractivity contribution is 7.93. The molecule has 0 atom stereocenters. The van der Waals surface area contributed by atoms with E-state index in [-0.39, 0.29) is 38.2 Å².